The summed E-state index contributed by atoms with van der Waals surface area (Å²) in [5.41, 5.74) is 2.66. The minimum Gasteiger partial charge on any atom is -0.497 e. The number of methoxy groups -OCH3 is 1. The van der Waals surface area contributed by atoms with Crippen molar-refractivity contribution in [2.75, 3.05) is 12.4 Å². The van der Waals surface area contributed by atoms with Crippen molar-refractivity contribution in [1.29, 1.82) is 0 Å². The quantitative estimate of drug-likeness (QED) is 0.588. The molecule has 3 aromatic heterocycles. The van der Waals surface area contributed by atoms with Crippen LogP contribution in [0.15, 0.2) is 48.8 Å². The second-order valence-electron chi connectivity index (χ2n) is 5.22. The van der Waals surface area contributed by atoms with Crippen LogP contribution in [0.5, 0.6) is 5.75 Å². The number of benzene rings is 1. The first-order chi connectivity index (χ1) is 12.2. The first-order valence-corrected chi connectivity index (χ1v) is 8.26. The predicted molar refractivity (Wildman–Crippen MR) is 95.9 cm³/mol. The van der Waals surface area contributed by atoms with E-state index in [0.717, 1.165) is 21.5 Å². The second kappa shape index (κ2) is 6.33. The lowest BCUT2D eigenvalue weighted by molar-refractivity contribution is 0.102. The normalized spacial score (nSPS) is 10.8. The maximum absolute atomic E-state index is 12.4. The van der Waals surface area contributed by atoms with Crippen LogP contribution in [0.25, 0.3) is 21.5 Å². The van der Waals surface area contributed by atoms with Gasteiger partial charge >= 0.3 is 0 Å². The van der Waals surface area contributed by atoms with Crippen molar-refractivity contribution < 1.29 is 9.53 Å². The molecule has 0 spiro atoms. The van der Waals surface area contributed by atoms with Crippen LogP contribution < -0.4 is 10.1 Å². The smallest absolute Gasteiger partial charge is 0.275 e. The molecule has 4 aromatic rings. The number of H-pyrrole nitrogens is 1. The summed E-state index contributed by atoms with van der Waals surface area (Å²) in [6.07, 6.45) is 3.38. The van der Waals surface area contributed by atoms with Gasteiger partial charge in [0.2, 0.25) is 0 Å². The predicted octanol–water partition coefficient (Wildman–Crippen LogP) is 3.34. The highest BCUT2D eigenvalue weighted by molar-refractivity contribution is 7.22. The Kier molecular flexibility index (Phi) is 3.87. The Balaban J connectivity index is 1.55. The van der Waals surface area contributed by atoms with Crippen molar-refractivity contribution in [2.45, 2.75) is 0 Å². The van der Waals surface area contributed by atoms with Gasteiger partial charge in [0.25, 0.3) is 5.91 Å². The van der Waals surface area contributed by atoms with Crippen LogP contribution >= 0.6 is 11.3 Å². The van der Waals surface area contributed by atoms with Crippen molar-refractivity contribution in [1.82, 2.24) is 20.2 Å². The molecule has 0 atom stereocenters. The minimum atomic E-state index is -0.298. The van der Waals surface area contributed by atoms with Gasteiger partial charge < -0.3 is 4.74 Å². The molecule has 0 fully saturated rings. The molecule has 1 amide bonds. The lowest BCUT2D eigenvalue weighted by atomic mass is 10.2. The lowest BCUT2D eigenvalue weighted by Gasteiger charge is -1.97. The summed E-state index contributed by atoms with van der Waals surface area (Å²) in [5.74, 6) is 0.456. The zero-order chi connectivity index (χ0) is 17.2. The zero-order valence-corrected chi connectivity index (χ0v) is 14.0. The van der Waals surface area contributed by atoms with E-state index in [-0.39, 0.29) is 5.91 Å². The SMILES string of the molecule is COc1ccc2nc(NC(=O)c3cc(-c4cccnc4)n[nH]3)sc2c1. The highest BCUT2D eigenvalue weighted by Crippen LogP contribution is 2.29. The van der Waals surface area contributed by atoms with Crippen LogP contribution in [-0.4, -0.2) is 33.2 Å². The third kappa shape index (κ3) is 3.07. The number of rotatable bonds is 4. The molecule has 0 radical (unpaired) electrons. The number of amides is 1. The summed E-state index contributed by atoms with van der Waals surface area (Å²) in [4.78, 5) is 20.9. The Morgan fingerprint density at radius 2 is 2.20 bits per heavy atom. The average molecular weight is 351 g/mol. The standard InChI is InChI=1S/C17H13N5O2S/c1-24-11-4-5-12-15(7-11)25-17(19-12)20-16(23)14-8-13(21-22-14)10-3-2-6-18-9-10/h2-9H,1H3,(H,21,22)(H,19,20,23). The number of hydrogen-bond donors (Lipinski definition) is 2. The van der Waals surface area contributed by atoms with E-state index in [9.17, 15) is 4.79 Å². The van der Waals surface area contributed by atoms with Gasteiger partial charge in [-0.25, -0.2) is 4.98 Å². The van der Waals surface area contributed by atoms with Gasteiger partial charge in [-0.3, -0.25) is 20.2 Å². The molecule has 0 unspecified atom stereocenters. The van der Waals surface area contributed by atoms with Crippen LogP contribution in [-0.2, 0) is 0 Å². The van der Waals surface area contributed by atoms with Crippen LogP contribution in [0.2, 0.25) is 0 Å². The largest absolute Gasteiger partial charge is 0.497 e. The number of nitrogens with one attached hydrogen (secondary N) is 2. The average Bonchev–Trinajstić information content (AvgIpc) is 3.28. The molecule has 25 heavy (non-hydrogen) atoms. The Hall–Kier alpha value is -3.26. The number of nitrogens with zero attached hydrogens (tertiary/aromatic N) is 3. The Labute approximate surface area is 146 Å². The van der Waals surface area contributed by atoms with E-state index in [1.165, 1.54) is 11.3 Å². The van der Waals surface area contributed by atoms with E-state index in [4.69, 9.17) is 4.74 Å². The third-order valence-corrected chi connectivity index (χ3v) is 4.53. The number of carbonyl (C=O) groups is 1. The molecule has 0 aliphatic heterocycles. The molecular formula is C17H13N5O2S. The van der Waals surface area contributed by atoms with E-state index in [0.29, 0.717) is 16.5 Å². The number of ether oxygens (including phenoxy) is 1. The minimum absolute atomic E-state index is 0.298. The Bertz CT molecular complexity index is 1040. The van der Waals surface area contributed by atoms with Gasteiger partial charge in [0.1, 0.15) is 11.4 Å². The summed E-state index contributed by atoms with van der Waals surface area (Å²) in [6.45, 7) is 0. The fourth-order valence-electron chi connectivity index (χ4n) is 2.35. The van der Waals surface area contributed by atoms with Crippen LogP contribution in [0, 0.1) is 0 Å². The Morgan fingerprint density at radius 1 is 1.28 bits per heavy atom. The van der Waals surface area contributed by atoms with Crippen molar-refractivity contribution in [3.8, 4) is 17.0 Å². The molecule has 0 saturated heterocycles. The van der Waals surface area contributed by atoms with Gasteiger partial charge in [-0.05, 0) is 36.4 Å². The number of anilines is 1. The topological polar surface area (TPSA) is 92.8 Å². The van der Waals surface area contributed by atoms with E-state index in [1.54, 1.807) is 25.6 Å². The summed E-state index contributed by atoms with van der Waals surface area (Å²) in [5, 5.41) is 10.2. The molecule has 7 nitrogen and oxygen atoms in total. The number of thiazole rings is 1. The first-order valence-electron chi connectivity index (χ1n) is 7.44. The molecule has 0 bridgehead atoms. The Morgan fingerprint density at radius 3 is 3.00 bits per heavy atom. The molecule has 8 heteroatoms. The fraction of sp³-hybridized carbons (Fsp3) is 0.0588. The first kappa shape index (κ1) is 15.3. The molecule has 2 N–H and O–H groups in total. The number of carbonyl (C=O) groups excluding carboxylic acids is 1. The van der Waals surface area contributed by atoms with Crippen molar-refractivity contribution >= 4 is 32.6 Å². The van der Waals surface area contributed by atoms with Crippen LogP contribution in [0.3, 0.4) is 0 Å². The molecule has 0 aliphatic rings. The van der Waals surface area contributed by atoms with Gasteiger partial charge in [-0.1, -0.05) is 11.3 Å². The summed E-state index contributed by atoms with van der Waals surface area (Å²) >= 11 is 1.39. The summed E-state index contributed by atoms with van der Waals surface area (Å²) in [6, 6.07) is 11.0. The van der Waals surface area contributed by atoms with Crippen LogP contribution in [0.4, 0.5) is 5.13 Å². The number of aromatic nitrogens is 4. The molecule has 0 aliphatic carbocycles. The van der Waals surface area contributed by atoms with Gasteiger partial charge in [-0.15, -0.1) is 0 Å². The molecule has 1 aromatic carbocycles. The van der Waals surface area contributed by atoms with Gasteiger partial charge in [0.05, 0.1) is 23.0 Å². The van der Waals surface area contributed by atoms with Crippen molar-refractivity contribution in [2.24, 2.45) is 0 Å². The zero-order valence-electron chi connectivity index (χ0n) is 13.2. The van der Waals surface area contributed by atoms with Gasteiger partial charge in [-0.2, -0.15) is 5.10 Å². The van der Waals surface area contributed by atoms with Gasteiger partial charge in [0.15, 0.2) is 5.13 Å². The number of fused-ring (bicyclic) bond motifs is 1. The highest BCUT2D eigenvalue weighted by Gasteiger charge is 2.14. The van der Waals surface area contributed by atoms with Gasteiger partial charge in [0, 0.05) is 18.0 Å². The molecule has 3 heterocycles. The number of hydrogen-bond acceptors (Lipinski definition) is 6. The highest BCUT2D eigenvalue weighted by atomic mass is 32.1. The number of aromatic amines is 1. The van der Waals surface area contributed by atoms with E-state index in [2.05, 4.69) is 25.5 Å². The molecular weight excluding hydrogens is 338 g/mol. The summed E-state index contributed by atoms with van der Waals surface area (Å²) < 4.78 is 6.14. The second-order valence-corrected chi connectivity index (χ2v) is 6.25. The van der Waals surface area contributed by atoms with E-state index >= 15 is 0 Å². The monoisotopic (exact) mass is 351 g/mol. The van der Waals surface area contributed by atoms with E-state index < -0.39 is 0 Å². The van der Waals surface area contributed by atoms with Crippen molar-refractivity contribution in [3.63, 3.8) is 0 Å². The maximum atomic E-state index is 12.4. The number of pyridine rings is 1. The fourth-order valence-corrected chi connectivity index (χ4v) is 3.24. The maximum Gasteiger partial charge on any atom is 0.275 e. The molecule has 0 saturated carbocycles. The third-order valence-electron chi connectivity index (χ3n) is 3.60. The molecule has 124 valence electrons. The van der Waals surface area contributed by atoms with Crippen molar-refractivity contribution in [3.05, 3.63) is 54.5 Å². The lowest BCUT2D eigenvalue weighted by Crippen LogP contribution is -2.11. The molecule has 4 rings (SSSR count). The summed E-state index contributed by atoms with van der Waals surface area (Å²) in [7, 11) is 1.61. The van der Waals surface area contributed by atoms with E-state index in [1.807, 2.05) is 30.3 Å². The van der Waals surface area contributed by atoms with Crippen LogP contribution in [0.1, 0.15) is 10.5 Å².